The molecule has 4 heterocycles. The number of thioether (sulfide) groups is 3. The average molecular weight is 1140 g/mol. The van der Waals surface area contributed by atoms with Crippen LogP contribution in [0.2, 0.25) is 0 Å². The van der Waals surface area contributed by atoms with Crippen LogP contribution in [-0.2, 0) is 56.1 Å². The maximum absolute atomic E-state index is 13.2. The van der Waals surface area contributed by atoms with Crippen molar-refractivity contribution in [3.63, 3.8) is 0 Å². The standard InChI is InChI=1S/C30H42N4O6S2.C24H32N4O5S2/c1-6-8-9-13-25(36)42-16-11-10-12-21-17-24(35)31-18-20-14-15-23(41-5)27(32-20)29(38)33-22(7-2)28(37)34-26(19(3)4)30(39)40-21;1-5-17-22(30)28-20(14(2)3)24(32)33-16(8-6-7-11-34)12-19(29)25-13-15-9-10-18(35-4)21(26-15)23(31)27-17/h7,10,12,14-15,19,21,26H,6,8-9,11,13,16-18H2,1-5H3,(H,31,35)(H,33,38)(H,34,37);5-6,8-10,14,16,20,34H,7,11-13H2,1-4H3,(H,25,29)(H,27,31)(H,28,30)/b12-10+,22-7-;8-6+,17-5-/t21-,26+;16-,20+/m11/s1. The molecule has 0 saturated heterocycles. The van der Waals surface area contributed by atoms with E-state index in [0.29, 0.717) is 51.9 Å². The number of rotatable bonds is 15. The van der Waals surface area contributed by atoms with Gasteiger partial charge in [-0.1, -0.05) is 83.5 Å². The van der Waals surface area contributed by atoms with Gasteiger partial charge in [0, 0.05) is 22.0 Å². The zero-order chi connectivity index (χ0) is 57.0. The van der Waals surface area contributed by atoms with E-state index < -0.39 is 59.9 Å². The molecule has 0 radical (unpaired) electrons. The first-order valence-electron chi connectivity index (χ1n) is 25.5. The number of allylic oxidation sites excluding steroid dienone is 4. The third-order valence-corrected chi connectivity index (χ3v) is 14.2. The Morgan fingerprint density at radius 3 is 1.51 bits per heavy atom. The van der Waals surface area contributed by atoms with Crippen molar-refractivity contribution < 1.29 is 52.6 Å². The second-order valence-electron chi connectivity index (χ2n) is 18.2. The minimum Gasteiger partial charge on any atom is -0.456 e. The lowest BCUT2D eigenvalue weighted by atomic mass is 10.0. The molecule has 420 valence electrons. The van der Waals surface area contributed by atoms with Gasteiger partial charge < -0.3 is 41.4 Å². The molecule has 0 saturated carbocycles. The third-order valence-electron chi connectivity index (χ3n) is 11.4. The highest BCUT2D eigenvalue weighted by atomic mass is 32.2. The fraction of sp³-hybridized carbons (Fsp3) is 0.500. The van der Waals surface area contributed by atoms with Crippen LogP contribution in [0.4, 0.5) is 0 Å². The Hall–Kier alpha value is -5.91. The number of esters is 2. The number of nitrogens with zero attached hydrogens (tertiary/aromatic N) is 2. The Morgan fingerprint density at radius 2 is 1.12 bits per heavy atom. The molecular weight excluding hydrogens is 1060 g/mol. The summed E-state index contributed by atoms with van der Waals surface area (Å²) < 4.78 is 11.3. The SMILES string of the molecule is C/C=C1\NC(=O)c2nc(ccc2SC)CNC(=O)C[C@@H](/C=C/CCS)OC(=O)[C@H](C(C)C)NC1=O.C/C=C1\NC(=O)c2nc(ccc2SC)CNC(=O)C[C@@H](/C=C/CCSC(=O)CCCCC)OC(=O)[C@H](C(C)C)NC1=O. The van der Waals surface area contributed by atoms with Crippen LogP contribution < -0.4 is 31.9 Å². The molecule has 0 spiro atoms. The van der Waals surface area contributed by atoms with Crippen molar-refractivity contribution in [2.75, 3.05) is 24.0 Å². The van der Waals surface area contributed by atoms with Crippen molar-refractivity contribution in [1.82, 2.24) is 41.9 Å². The summed E-state index contributed by atoms with van der Waals surface area (Å²) >= 11 is 8.11. The van der Waals surface area contributed by atoms with Crippen molar-refractivity contribution in [2.45, 2.75) is 147 Å². The van der Waals surface area contributed by atoms with Crippen LogP contribution in [0.5, 0.6) is 0 Å². The van der Waals surface area contributed by atoms with Gasteiger partial charge in [0.25, 0.3) is 23.6 Å². The number of aromatic nitrogens is 2. The van der Waals surface area contributed by atoms with E-state index in [-0.39, 0.29) is 77.5 Å². The summed E-state index contributed by atoms with van der Waals surface area (Å²) in [5, 5.41) is 16.2. The Bertz CT molecular complexity index is 2530. The molecule has 4 rings (SSSR count). The zero-order valence-corrected chi connectivity index (χ0v) is 48.6. The molecule has 0 fully saturated rings. The Morgan fingerprint density at radius 1 is 0.675 bits per heavy atom. The molecule has 0 aliphatic carbocycles. The number of cyclic esters (lactones) is 2. The van der Waals surface area contributed by atoms with Crippen LogP contribution >= 0.6 is 47.9 Å². The molecule has 6 N–H and O–H groups in total. The molecule has 6 amide bonds. The number of fused-ring (bicyclic) bond motifs is 4. The molecule has 2 aliphatic heterocycles. The molecule has 4 bridgehead atoms. The molecule has 4 atom stereocenters. The van der Waals surface area contributed by atoms with E-state index >= 15 is 0 Å². The summed E-state index contributed by atoms with van der Waals surface area (Å²) in [6, 6.07) is 4.88. The van der Waals surface area contributed by atoms with E-state index in [1.807, 2.05) is 6.26 Å². The predicted molar refractivity (Wildman–Crippen MR) is 304 cm³/mol. The predicted octanol–water partition coefficient (Wildman–Crippen LogP) is 6.68. The lowest BCUT2D eigenvalue weighted by Gasteiger charge is -2.24. The van der Waals surface area contributed by atoms with Crippen molar-refractivity contribution in [2.24, 2.45) is 11.8 Å². The van der Waals surface area contributed by atoms with Gasteiger partial charge in [0.05, 0.1) is 37.3 Å². The number of unbranched alkanes of at least 4 members (excludes halogenated alkanes) is 2. The van der Waals surface area contributed by atoms with Crippen molar-refractivity contribution in [3.8, 4) is 0 Å². The van der Waals surface area contributed by atoms with E-state index in [2.05, 4.69) is 61.4 Å². The summed E-state index contributed by atoms with van der Waals surface area (Å²) in [6.45, 7) is 12.5. The number of thiol groups is 1. The molecule has 0 aromatic carbocycles. The molecule has 2 aromatic heterocycles. The summed E-state index contributed by atoms with van der Waals surface area (Å²) in [5.74, 6) is -4.02. The number of hydrogen-bond donors (Lipinski definition) is 7. The van der Waals surface area contributed by atoms with E-state index in [9.17, 15) is 43.2 Å². The van der Waals surface area contributed by atoms with E-state index in [1.165, 1.54) is 47.4 Å². The van der Waals surface area contributed by atoms with Crippen molar-refractivity contribution in [1.29, 1.82) is 0 Å². The molecular formula is C54H74N8O11S4. The topological polar surface area (TPSA) is 270 Å². The second-order valence-corrected chi connectivity index (χ2v) is 21.5. The number of nitrogens with one attached hydrogen (secondary N) is 6. The largest absolute Gasteiger partial charge is 0.456 e. The fourth-order valence-electron chi connectivity index (χ4n) is 7.18. The summed E-state index contributed by atoms with van der Waals surface area (Å²) in [6.07, 6.45) is 16.2. The monoisotopic (exact) mass is 1140 g/mol. The quantitative estimate of drug-likeness (QED) is 0.0245. The summed E-state index contributed by atoms with van der Waals surface area (Å²) in [4.78, 5) is 126. The normalized spacial score (nSPS) is 20.7. The minimum atomic E-state index is -1.03. The van der Waals surface area contributed by atoms with Gasteiger partial charge in [-0.25, -0.2) is 19.6 Å². The molecule has 0 unspecified atom stereocenters. The Balaban J connectivity index is 0.000000412. The lowest BCUT2D eigenvalue weighted by Crippen LogP contribution is -2.48. The summed E-state index contributed by atoms with van der Waals surface area (Å²) in [7, 11) is 0. The smallest absolute Gasteiger partial charge is 0.329 e. The third kappa shape index (κ3) is 22.5. The highest BCUT2D eigenvalue weighted by Gasteiger charge is 2.32. The number of amides is 6. The van der Waals surface area contributed by atoms with Gasteiger partial charge in [0.15, 0.2) is 5.12 Å². The number of carbonyl (C=O) groups is 9. The maximum atomic E-state index is 13.2. The van der Waals surface area contributed by atoms with Crippen LogP contribution in [0.1, 0.15) is 132 Å². The van der Waals surface area contributed by atoms with Crippen molar-refractivity contribution in [3.05, 3.63) is 94.9 Å². The van der Waals surface area contributed by atoms with Gasteiger partial charge in [0.2, 0.25) is 11.8 Å². The van der Waals surface area contributed by atoms with Crippen LogP contribution in [-0.4, -0.2) is 111 Å². The Kier molecular flexibility index (Phi) is 29.5. The minimum absolute atomic E-state index is 0.0154. The Labute approximate surface area is 470 Å². The van der Waals surface area contributed by atoms with E-state index in [1.54, 1.807) is 96.4 Å². The number of pyridine rings is 2. The van der Waals surface area contributed by atoms with Gasteiger partial charge >= 0.3 is 11.9 Å². The maximum Gasteiger partial charge on any atom is 0.329 e. The molecule has 77 heavy (non-hydrogen) atoms. The lowest BCUT2D eigenvalue weighted by molar-refractivity contribution is -0.153. The number of ether oxygens (including phenoxy) is 2. The summed E-state index contributed by atoms with van der Waals surface area (Å²) in [5.41, 5.74) is 1.13. The average Bonchev–Trinajstić information content (AvgIpc) is 3.40. The van der Waals surface area contributed by atoms with Crippen LogP contribution in [0.25, 0.3) is 0 Å². The highest BCUT2D eigenvalue weighted by Crippen LogP contribution is 2.22. The molecule has 23 heteroatoms. The van der Waals surface area contributed by atoms with E-state index in [0.717, 1.165) is 19.3 Å². The molecule has 2 aromatic rings. The van der Waals surface area contributed by atoms with Crippen LogP contribution in [0.3, 0.4) is 0 Å². The first-order chi connectivity index (χ1) is 36.8. The zero-order valence-electron chi connectivity index (χ0n) is 45.3. The number of carbonyl (C=O) groups excluding carboxylic acids is 9. The second kappa shape index (κ2) is 34.8. The van der Waals surface area contributed by atoms with Crippen LogP contribution in [0.15, 0.2) is 81.9 Å². The van der Waals surface area contributed by atoms with Crippen molar-refractivity contribution >= 4 is 100 Å². The van der Waals surface area contributed by atoms with Gasteiger partial charge in [0.1, 0.15) is 47.1 Å². The molecule has 19 nitrogen and oxygen atoms in total. The van der Waals surface area contributed by atoms with Gasteiger partial charge in [-0.15, -0.1) is 23.5 Å². The number of hydrogen-bond acceptors (Lipinski definition) is 17. The van der Waals surface area contributed by atoms with Gasteiger partial charge in [-0.3, -0.25) is 33.6 Å². The van der Waals surface area contributed by atoms with Gasteiger partial charge in [-0.2, -0.15) is 12.6 Å². The first-order valence-corrected chi connectivity index (χ1v) is 29.5. The van der Waals surface area contributed by atoms with Crippen LogP contribution in [0, 0.1) is 11.8 Å². The van der Waals surface area contributed by atoms with E-state index in [4.69, 9.17) is 9.47 Å². The first kappa shape index (κ1) is 65.4. The van der Waals surface area contributed by atoms with Gasteiger partial charge in [-0.05, 0) is 99.6 Å². The molecule has 2 aliphatic rings. The fourth-order valence-corrected chi connectivity index (χ4v) is 9.17. The highest BCUT2D eigenvalue weighted by molar-refractivity contribution is 8.13.